The van der Waals surface area contributed by atoms with Crippen LogP contribution in [-0.4, -0.2) is 50.1 Å². The normalized spacial score (nSPS) is 13.8. The maximum Gasteiger partial charge on any atom is 0.416 e. The lowest BCUT2D eigenvalue weighted by Gasteiger charge is -2.21. The highest BCUT2D eigenvalue weighted by Crippen LogP contribution is 2.33. The second-order valence-corrected chi connectivity index (χ2v) is 7.45. The zero-order valence-corrected chi connectivity index (χ0v) is 14.8. The van der Waals surface area contributed by atoms with Gasteiger partial charge in [0.2, 0.25) is 10.0 Å². The van der Waals surface area contributed by atoms with Crippen LogP contribution in [0, 0.1) is 0 Å². The van der Waals surface area contributed by atoms with Crippen molar-refractivity contribution < 1.29 is 36.2 Å². The molecular weight excluding hydrogens is 363 g/mol. The van der Waals surface area contributed by atoms with Gasteiger partial charge >= 0.3 is 12.1 Å². The Kier molecular flexibility index (Phi) is 6.98. The highest BCUT2D eigenvalue weighted by Gasteiger charge is 2.34. The highest BCUT2D eigenvalue weighted by atomic mass is 32.2. The number of carbonyl (C=O) groups is 1. The van der Waals surface area contributed by atoms with Crippen LogP contribution in [0.25, 0.3) is 0 Å². The molecule has 1 N–H and O–H groups in total. The van der Waals surface area contributed by atoms with E-state index in [-0.39, 0.29) is 18.7 Å². The van der Waals surface area contributed by atoms with Crippen molar-refractivity contribution in [2.24, 2.45) is 0 Å². The Labute approximate surface area is 144 Å². The van der Waals surface area contributed by atoms with E-state index in [9.17, 15) is 31.5 Å². The maximum absolute atomic E-state index is 12.9. The van der Waals surface area contributed by atoms with Crippen molar-refractivity contribution in [1.29, 1.82) is 0 Å². The number of aliphatic hydroxyl groups is 1. The van der Waals surface area contributed by atoms with Gasteiger partial charge in [0.25, 0.3) is 0 Å². The standard InChI is InChI=1S/C15H20F3NO5S/c1-4-24-14(21)7-11-5-6-12(15(16,17)18)8-13(11)25(22,23)19(3)9-10(2)20/h5-6,8,10,20H,4,7,9H2,1-3H3/t10-/m0/s1. The molecule has 0 saturated heterocycles. The average Bonchev–Trinajstić information content (AvgIpc) is 2.45. The Morgan fingerprint density at radius 1 is 1.36 bits per heavy atom. The van der Waals surface area contributed by atoms with Crippen LogP contribution < -0.4 is 0 Å². The lowest BCUT2D eigenvalue weighted by Crippen LogP contribution is -2.34. The van der Waals surface area contributed by atoms with Crippen molar-refractivity contribution in [1.82, 2.24) is 4.31 Å². The lowest BCUT2D eigenvalue weighted by atomic mass is 10.1. The summed E-state index contributed by atoms with van der Waals surface area (Å²) in [5.41, 5.74) is -1.26. The van der Waals surface area contributed by atoms with Crippen LogP contribution >= 0.6 is 0 Å². The topological polar surface area (TPSA) is 83.9 Å². The molecule has 0 saturated carbocycles. The number of benzene rings is 1. The summed E-state index contributed by atoms with van der Waals surface area (Å²) >= 11 is 0. The Hall–Kier alpha value is -1.65. The molecule has 10 heteroatoms. The van der Waals surface area contributed by atoms with Crippen LogP contribution in [0.2, 0.25) is 0 Å². The van der Waals surface area contributed by atoms with Gasteiger partial charge in [-0.1, -0.05) is 6.07 Å². The van der Waals surface area contributed by atoms with Crippen molar-refractivity contribution in [3.8, 4) is 0 Å². The minimum Gasteiger partial charge on any atom is -0.466 e. The molecule has 0 aliphatic carbocycles. The highest BCUT2D eigenvalue weighted by molar-refractivity contribution is 7.89. The Balaban J connectivity index is 3.43. The first-order valence-corrected chi connectivity index (χ1v) is 8.83. The fraction of sp³-hybridized carbons (Fsp3) is 0.533. The lowest BCUT2D eigenvalue weighted by molar-refractivity contribution is -0.142. The Bertz CT molecular complexity index is 716. The number of likely N-dealkylation sites (N-methyl/N-ethyl adjacent to an activating group) is 1. The predicted octanol–water partition coefficient (Wildman–Crippen LogP) is 1.81. The number of halogens is 3. The van der Waals surface area contributed by atoms with Gasteiger partial charge in [0.15, 0.2) is 0 Å². The third-order valence-electron chi connectivity index (χ3n) is 3.24. The van der Waals surface area contributed by atoms with E-state index in [1.165, 1.54) is 6.92 Å². The first-order chi connectivity index (χ1) is 11.4. The summed E-state index contributed by atoms with van der Waals surface area (Å²) in [7, 11) is -3.21. The van der Waals surface area contributed by atoms with Gasteiger partial charge in [-0.3, -0.25) is 4.79 Å². The molecule has 0 radical (unpaired) electrons. The van der Waals surface area contributed by atoms with Gasteiger partial charge in [-0.25, -0.2) is 8.42 Å². The number of rotatable bonds is 7. The van der Waals surface area contributed by atoms with E-state index < -0.39 is 45.2 Å². The quantitative estimate of drug-likeness (QED) is 0.726. The Morgan fingerprint density at radius 3 is 2.44 bits per heavy atom. The van der Waals surface area contributed by atoms with Crippen LogP contribution in [-0.2, 0) is 32.2 Å². The number of hydrogen-bond acceptors (Lipinski definition) is 5. The van der Waals surface area contributed by atoms with Crippen LogP contribution in [0.4, 0.5) is 13.2 Å². The SMILES string of the molecule is CCOC(=O)Cc1ccc(C(F)(F)F)cc1S(=O)(=O)N(C)C[C@H](C)O. The van der Waals surface area contributed by atoms with Crippen molar-refractivity contribution in [2.45, 2.75) is 37.4 Å². The zero-order chi connectivity index (χ0) is 19.4. The molecule has 25 heavy (non-hydrogen) atoms. The molecular formula is C15H20F3NO5S. The van der Waals surface area contributed by atoms with E-state index in [1.807, 2.05) is 0 Å². The number of hydrogen-bond donors (Lipinski definition) is 1. The molecule has 1 aromatic carbocycles. The molecule has 0 fully saturated rings. The van der Waals surface area contributed by atoms with Gasteiger partial charge in [-0.15, -0.1) is 0 Å². The molecule has 6 nitrogen and oxygen atoms in total. The summed E-state index contributed by atoms with van der Waals surface area (Å²) in [6.45, 7) is 2.65. The molecule has 0 heterocycles. The fourth-order valence-corrected chi connectivity index (χ4v) is 3.62. The van der Waals surface area contributed by atoms with Crippen LogP contribution in [0.3, 0.4) is 0 Å². The zero-order valence-electron chi connectivity index (χ0n) is 14.0. The Morgan fingerprint density at radius 2 is 1.96 bits per heavy atom. The van der Waals surface area contributed by atoms with Gasteiger partial charge in [0.05, 0.1) is 29.6 Å². The van der Waals surface area contributed by atoms with Crippen LogP contribution in [0.15, 0.2) is 23.1 Å². The van der Waals surface area contributed by atoms with E-state index in [4.69, 9.17) is 4.74 Å². The van der Waals surface area contributed by atoms with Crippen molar-refractivity contribution in [2.75, 3.05) is 20.2 Å². The fourth-order valence-electron chi connectivity index (χ4n) is 2.12. The number of alkyl halides is 3. The number of ether oxygens (including phenoxy) is 1. The van der Waals surface area contributed by atoms with Gasteiger partial charge in [0.1, 0.15) is 0 Å². The maximum atomic E-state index is 12.9. The van der Waals surface area contributed by atoms with E-state index in [2.05, 4.69) is 0 Å². The minimum absolute atomic E-state index is 0.0590. The van der Waals surface area contributed by atoms with E-state index >= 15 is 0 Å². The van der Waals surface area contributed by atoms with E-state index in [0.29, 0.717) is 12.1 Å². The summed E-state index contributed by atoms with van der Waals surface area (Å²) in [5.74, 6) is -0.753. The first-order valence-electron chi connectivity index (χ1n) is 7.39. The largest absolute Gasteiger partial charge is 0.466 e. The molecule has 0 aromatic heterocycles. The summed E-state index contributed by atoms with van der Waals surface area (Å²) in [6, 6.07) is 2.15. The molecule has 0 aliphatic heterocycles. The molecule has 142 valence electrons. The summed E-state index contributed by atoms with van der Waals surface area (Å²) in [4.78, 5) is 11.0. The number of esters is 1. The predicted molar refractivity (Wildman–Crippen MR) is 83.3 cm³/mol. The number of sulfonamides is 1. The molecule has 1 atom stereocenters. The molecule has 0 bridgehead atoms. The monoisotopic (exact) mass is 383 g/mol. The second-order valence-electron chi connectivity index (χ2n) is 5.44. The second kappa shape index (κ2) is 8.15. The third kappa shape index (κ3) is 5.68. The van der Waals surface area contributed by atoms with Gasteiger partial charge in [0, 0.05) is 13.6 Å². The summed E-state index contributed by atoms with van der Waals surface area (Å²) < 4.78 is 69.5. The minimum atomic E-state index is -4.74. The van der Waals surface area contributed by atoms with Crippen molar-refractivity contribution in [3.05, 3.63) is 29.3 Å². The third-order valence-corrected chi connectivity index (χ3v) is 5.15. The van der Waals surface area contributed by atoms with Gasteiger partial charge in [-0.05, 0) is 31.5 Å². The number of carbonyl (C=O) groups excluding carboxylic acids is 1. The van der Waals surface area contributed by atoms with E-state index in [1.54, 1.807) is 6.92 Å². The summed E-state index contributed by atoms with van der Waals surface area (Å²) in [6.07, 6.45) is -6.24. The smallest absolute Gasteiger partial charge is 0.416 e. The number of nitrogens with zero attached hydrogens (tertiary/aromatic N) is 1. The molecule has 0 aliphatic rings. The molecule has 1 aromatic rings. The van der Waals surface area contributed by atoms with E-state index in [0.717, 1.165) is 17.4 Å². The molecule has 0 spiro atoms. The first kappa shape index (κ1) is 21.4. The van der Waals surface area contributed by atoms with Crippen LogP contribution in [0.5, 0.6) is 0 Å². The molecule has 0 unspecified atom stereocenters. The summed E-state index contributed by atoms with van der Waals surface area (Å²) in [5, 5.41) is 9.34. The van der Waals surface area contributed by atoms with Crippen LogP contribution in [0.1, 0.15) is 25.0 Å². The average molecular weight is 383 g/mol. The van der Waals surface area contributed by atoms with Crippen molar-refractivity contribution >= 4 is 16.0 Å². The van der Waals surface area contributed by atoms with Gasteiger partial charge in [-0.2, -0.15) is 17.5 Å². The van der Waals surface area contributed by atoms with Crippen molar-refractivity contribution in [3.63, 3.8) is 0 Å². The number of aliphatic hydroxyl groups excluding tert-OH is 1. The molecule has 0 amide bonds. The molecule has 1 rings (SSSR count). The van der Waals surface area contributed by atoms with Gasteiger partial charge < -0.3 is 9.84 Å².